The molecule has 3 N–H and O–H groups in total. The predicted octanol–water partition coefficient (Wildman–Crippen LogP) is 1.76. The van der Waals surface area contributed by atoms with Gasteiger partial charge in [0.15, 0.2) is 6.10 Å². The van der Waals surface area contributed by atoms with E-state index in [0.29, 0.717) is 5.56 Å². The van der Waals surface area contributed by atoms with Crippen LogP contribution in [-0.4, -0.2) is 39.9 Å². The molecule has 1 aromatic carbocycles. The summed E-state index contributed by atoms with van der Waals surface area (Å²) in [6, 6.07) is 5.06. The number of aliphatic carboxylic acids is 1. The molecule has 0 heterocycles. The van der Waals surface area contributed by atoms with Crippen molar-refractivity contribution in [2.24, 2.45) is 0 Å². The van der Waals surface area contributed by atoms with Crippen LogP contribution in [0.3, 0.4) is 0 Å². The predicted molar refractivity (Wildman–Crippen MR) is 87.7 cm³/mol. The maximum Gasteiger partial charge on any atom is 0.408 e. The van der Waals surface area contributed by atoms with E-state index >= 15 is 0 Å². The van der Waals surface area contributed by atoms with Crippen LogP contribution in [0.5, 0.6) is 0 Å². The first-order chi connectivity index (χ1) is 11.5. The lowest BCUT2D eigenvalue weighted by Crippen LogP contribution is -2.42. The molecule has 25 heavy (non-hydrogen) atoms. The summed E-state index contributed by atoms with van der Waals surface area (Å²) >= 11 is 0. The number of rotatable bonds is 6. The van der Waals surface area contributed by atoms with Gasteiger partial charge in [-0.15, -0.1) is 0 Å². The van der Waals surface area contributed by atoms with Gasteiger partial charge in [0.2, 0.25) is 0 Å². The van der Waals surface area contributed by atoms with Crippen LogP contribution in [0, 0.1) is 0 Å². The number of hydrogen-bond acceptors (Lipinski definition) is 6. The number of esters is 1. The zero-order valence-corrected chi connectivity index (χ0v) is 14.6. The first kappa shape index (κ1) is 20.4. The van der Waals surface area contributed by atoms with E-state index in [4.69, 9.17) is 14.6 Å². The number of aliphatic hydroxyl groups is 1. The molecule has 0 saturated carbocycles. The number of aliphatic hydroxyl groups excluding tert-OH is 1. The van der Waals surface area contributed by atoms with Gasteiger partial charge in [0, 0.05) is 0 Å². The van der Waals surface area contributed by atoms with Gasteiger partial charge in [-0.05, 0) is 38.8 Å². The Morgan fingerprint density at radius 3 is 2.20 bits per heavy atom. The Labute approximate surface area is 145 Å². The lowest BCUT2D eigenvalue weighted by molar-refractivity contribution is -0.156. The van der Waals surface area contributed by atoms with Crippen LogP contribution in [0.25, 0.3) is 0 Å². The molecule has 0 aromatic heterocycles. The highest BCUT2D eigenvalue weighted by molar-refractivity contribution is 5.81. The van der Waals surface area contributed by atoms with E-state index in [1.54, 1.807) is 20.8 Å². The average molecular weight is 353 g/mol. The van der Waals surface area contributed by atoms with Crippen molar-refractivity contribution in [3.05, 3.63) is 35.4 Å². The van der Waals surface area contributed by atoms with Crippen molar-refractivity contribution in [3.8, 4) is 0 Å². The number of nitrogens with one attached hydrogen (secondary N) is 1. The molecule has 1 rings (SSSR count). The van der Waals surface area contributed by atoms with Crippen molar-refractivity contribution in [3.63, 3.8) is 0 Å². The molecule has 8 nitrogen and oxygen atoms in total. The van der Waals surface area contributed by atoms with E-state index in [-0.39, 0.29) is 12.2 Å². The lowest BCUT2D eigenvalue weighted by atomic mass is 10.1. The van der Waals surface area contributed by atoms with E-state index in [2.05, 4.69) is 5.32 Å². The third kappa shape index (κ3) is 7.21. The first-order valence-electron chi connectivity index (χ1n) is 7.65. The van der Waals surface area contributed by atoms with Crippen LogP contribution in [-0.2, 0) is 25.7 Å². The quantitative estimate of drug-likeness (QED) is 0.666. The zero-order valence-electron chi connectivity index (χ0n) is 14.6. The van der Waals surface area contributed by atoms with Crippen LogP contribution in [0.4, 0.5) is 4.79 Å². The highest BCUT2D eigenvalue weighted by Gasteiger charge is 2.23. The molecule has 0 saturated heterocycles. The second-order valence-electron chi connectivity index (χ2n) is 6.46. The minimum atomic E-state index is -1.60. The molecular weight excluding hydrogens is 330 g/mol. The van der Waals surface area contributed by atoms with Gasteiger partial charge >= 0.3 is 18.0 Å². The number of amides is 1. The van der Waals surface area contributed by atoms with Crippen molar-refractivity contribution >= 4 is 18.0 Å². The monoisotopic (exact) mass is 353 g/mol. The van der Waals surface area contributed by atoms with Crippen LogP contribution < -0.4 is 5.32 Å². The highest BCUT2D eigenvalue weighted by atomic mass is 16.6. The number of carbonyl (C=O) groups excluding carboxylic acids is 2. The Morgan fingerprint density at radius 1 is 1.16 bits per heavy atom. The summed E-state index contributed by atoms with van der Waals surface area (Å²) in [6.07, 6.45) is -2.39. The highest BCUT2D eigenvalue weighted by Crippen LogP contribution is 2.14. The standard InChI is InChI=1S/C17H23NO7/c1-10(15(22)25-17(2,3)4)18-16(23)24-9-11-5-7-12(8-6-11)13(19)14(20)21/h5-8,10,13,19H,9H2,1-4H3,(H,18,23)(H,20,21)/t10-,13?/m0/s1. The number of benzene rings is 1. The second-order valence-corrected chi connectivity index (χ2v) is 6.46. The molecule has 1 aromatic rings. The molecule has 0 aliphatic rings. The molecule has 0 aliphatic carbocycles. The van der Waals surface area contributed by atoms with Gasteiger partial charge in [0.1, 0.15) is 18.2 Å². The second kappa shape index (κ2) is 8.48. The maximum absolute atomic E-state index is 11.8. The van der Waals surface area contributed by atoms with E-state index in [1.807, 2.05) is 0 Å². The van der Waals surface area contributed by atoms with Gasteiger partial charge < -0.3 is 25.0 Å². The summed E-state index contributed by atoms with van der Waals surface area (Å²) in [5, 5.41) is 20.5. The van der Waals surface area contributed by atoms with Gasteiger partial charge in [-0.3, -0.25) is 0 Å². The Bertz CT molecular complexity index is 619. The van der Waals surface area contributed by atoms with E-state index < -0.39 is 35.8 Å². The van der Waals surface area contributed by atoms with Crippen LogP contribution in [0.1, 0.15) is 44.9 Å². The summed E-state index contributed by atoms with van der Waals surface area (Å²) in [4.78, 5) is 34.1. The fraction of sp³-hybridized carbons (Fsp3) is 0.471. The summed E-state index contributed by atoms with van der Waals surface area (Å²) in [7, 11) is 0. The maximum atomic E-state index is 11.8. The largest absolute Gasteiger partial charge is 0.479 e. The molecule has 8 heteroatoms. The van der Waals surface area contributed by atoms with Crippen molar-refractivity contribution in [2.45, 2.75) is 52.0 Å². The normalized spacial score (nSPS) is 13.5. The molecule has 1 amide bonds. The van der Waals surface area contributed by atoms with Crippen molar-refractivity contribution < 1.29 is 34.1 Å². The summed E-state index contributed by atoms with van der Waals surface area (Å²) in [6.45, 7) is 6.58. The van der Waals surface area contributed by atoms with E-state index in [0.717, 1.165) is 0 Å². The average Bonchev–Trinajstić information content (AvgIpc) is 2.51. The number of carboxylic acid groups (broad SMARTS) is 1. The minimum absolute atomic E-state index is 0.0731. The lowest BCUT2D eigenvalue weighted by Gasteiger charge is -2.22. The smallest absolute Gasteiger partial charge is 0.408 e. The summed E-state index contributed by atoms with van der Waals surface area (Å²) in [5.41, 5.74) is 0.166. The third-order valence-corrected chi connectivity index (χ3v) is 2.99. The van der Waals surface area contributed by atoms with Gasteiger partial charge in [-0.1, -0.05) is 24.3 Å². The van der Waals surface area contributed by atoms with Crippen LogP contribution in [0.2, 0.25) is 0 Å². The third-order valence-electron chi connectivity index (χ3n) is 2.99. The molecule has 0 fully saturated rings. The van der Waals surface area contributed by atoms with Crippen molar-refractivity contribution in [2.75, 3.05) is 0 Å². The van der Waals surface area contributed by atoms with Crippen LogP contribution in [0.15, 0.2) is 24.3 Å². The van der Waals surface area contributed by atoms with Gasteiger partial charge in [0.25, 0.3) is 0 Å². The fourth-order valence-electron chi connectivity index (χ4n) is 1.76. The zero-order chi connectivity index (χ0) is 19.2. The van der Waals surface area contributed by atoms with Gasteiger partial charge in [-0.2, -0.15) is 0 Å². The summed E-state index contributed by atoms with van der Waals surface area (Å²) in [5.74, 6) is -1.92. The van der Waals surface area contributed by atoms with Crippen LogP contribution >= 0.6 is 0 Å². The molecule has 138 valence electrons. The molecule has 0 aliphatic heterocycles. The molecule has 0 radical (unpaired) electrons. The number of carboxylic acids is 1. The van der Waals surface area contributed by atoms with E-state index in [9.17, 15) is 19.5 Å². The molecule has 1 unspecified atom stereocenters. The molecule has 2 atom stereocenters. The number of carbonyl (C=O) groups is 3. The van der Waals surface area contributed by atoms with Crippen molar-refractivity contribution in [1.82, 2.24) is 5.32 Å². The molecular formula is C17H23NO7. The molecule has 0 bridgehead atoms. The number of hydrogen-bond donors (Lipinski definition) is 3. The van der Waals surface area contributed by atoms with Gasteiger partial charge in [-0.25, -0.2) is 14.4 Å². The number of alkyl carbamates (subject to hydrolysis) is 1. The van der Waals surface area contributed by atoms with Gasteiger partial charge in [0.05, 0.1) is 0 Å². The topological polar surface area (TPSA) is 122 Å². The SMILES string of the molecule is C[C@H](NC(=O)OCc1ccc(C(O)C(=O)O)cc1)C(=O)OC(C)(C)C. The summed E-state index contributed by atoms with van der Waals surface area (Å²) < 4.78 is 10.1. The Balaban J connectivity index is 2.48. The van der Waals surface area contributed by atoms with Crippen molar-refractivity contribution in [1.29, 1.82) is 0 Å². The number of ether oxygens (including phenoxy) is 2. The minimum Gasteiger partial charge on any atom is -0.479 e. The fourth-order valence-corrected chi connectivity index (χ4v) is 1.76. The van der Waals surface area contributed by atoms with E-state index in [1.165, 1.54) is 31.2 Å². The Kier molecular flexibility index (Phi) is 6.93. The Hall–Kier alpha value is -2.61. The first-order valence-corrected chi connectivity index (χ1v) is 7.65. The Morgan fingerprint density at radius 2 is 1.72 bits per heavy atom. The molecule has 0 spiro atoms.